The fraction of sp³-hybridized carbons (Fsp3) is 0.300. The Kier molecular flexibility index (Phi) is 3.53. The number of halogens is 1. The molecule has 25 heavy (non-hydrogen) atoms. The molecule has 4 nitrogen and oxygen atoms in total. The van der Waals surface area contributed by atoms with Gasteiger partial charge in [0.15, 0.2) is 0 Å². The monoisotopic (exact) mass is 357 g/mol. The minimum atomic E-state index is -0.538. The average Bonchev–Trinajstić information content (AvgIpc) is 2.55. The van der Waals surface area contributed by atoms with Crippen LogP contribution >= 0.6 is 11.6 Å². The number of ether oxygens (including phenoxy) is 2. The van der Waals surface area contributed by atoms with Crippen molar-refractivity contribution in [3.63, 3.8) is 0 Å². The largest absolute Gasteiger partial charge is 0.506 e. The highest BCUT2D eigenvalue weighted by molar-refractivity contribution is 6.35. The molecule has 0 aromatic heterocycles. The van der Waals surface area contributed by atoms with Crippen LogP contribution in [0.1, 0.15) is 38.2 Å². The molecule has 1 unspecified atom stereocenters. The Morgan fingerprint density at radius 3 is 2.68 bits per heavy atom. The first kappa shape index (κ1) is 16.3. The van der Waals surface area contributed by atoms with E-state index in [1.165, 1.54) is 6.07 Å². The molecule has 2 aromatic rings. The lowest BCUT2D eigenvalue weighted by Crippen LogP contribution is -2.32. The summed E-state index contributed by atoms with van der Waals surface area (Å²) in [5, 5.41) is 13.9. The van der Waals surface area contributed by atoms with E-state index in [1.807, 2.05) is 6.07 Å². The molecule has 0 radical (unpaired) electrons. The number of rotatable bonds is 1. The highest BCUT2D eigenvalue weighted by atomic mass is 35.5. The van der Waals surface area contributed by atoms with Crippen molar-refractivity contribution >= 4 is 22.9 Å². The minimum Gasteiger partial charge on any atom is -0.506 e. The molecule has 0 saturated carbocycles. The van der Waals surface area contributed by atoms with Crippen LogP contribution in [0.15, 0.2) is 30.3 Å². The van der Waals surface area contributed by atoms with Crippen molar-refractivity contribution in [2.24, 2.45) is 0 Å². The molecule has 0 saturated heterocycles. The molecule has 0 spiro atoms. The molecule has 2 N–H and O–H groups in total. The number of fused-ring (bicyclic) bond motifs is 5. The van der Waals surface area contributed by atoms with Crippen molar-refractivity contribution in [2.75, 3.05) is 12.4 Å². The summed E-state index contributed by atoms with van der Waals surface area (Å²) in [5.41, 5.74) is 5.67. The molecule has 0 amide bonds. The van der Waals surface area contributed by atoms with E-state index in [0.717, 1.165) is 28.0 Å². The first-order valence-corrected chi connectivity index (χ1v) is 8.56. The number of phenolic OH excluding ortho intramolecular Hbond substituents is 1. The lowest BCUT2D eigenvalue weighted by atomic mass is 9.84. The number of nitrogens with one attached hydrogen (secondary N) is 1. The summed E-state index contributed by atoms with van der Waals surface area (Å²) in [6, 6.07) is 7.31. The van der Waals surface area contributed by atoms with Gasteiger partial charge in [0.2, 0.25) is 6.29 Å². The fourth-order valence-electron chi connectivity index (χ4n) is 3.84. The number of benzene rings is 2. The molecule has 0 aliphatic carbocycles. The van der Waals surface area contributed by atoms with Crippen molar-refractivity contribution < 1.29 is 14.6 Å². The molecule has 2 heterocycles. The summed E-state index contributed by atoms with van der Waals surface area (Å²) in [4.78, 5) is 0. The van der Waals surface area contributed by atoms with Gasteiger partial charge in [-0.15, -0.1) is 0 Å². The SMILES string of the molecule is COC1Oc2ccc(O)c(Cl)c2-c2ccc3c(c21)C(C)=CC(C)(C)N3. The number of hydrogen-bond acceptors (Lipinski definition) is 4. The summed E-state index contributed by atoms with van der Waals surface area (Å²) < 4.78 is 11.7. The predicted octanol–water partition coefficient (Wildman–Crippen LogP) is 5.36. The van der Waals surface area contributed by atoms with Gasteiger partial charge in [0.05, 0.1) is 10.6 Å². The molecule has 2 aromatic carbocycles. The third-order valence-corrected chi connectivity index (χ3v) is 5.09. The van der Waals surface area contributed by atoms with Crippen LogP contribution in [0.25, 0.3) is 16.7 Å². The van der Waals surface area contributed by atoms with E-state index in [4.69, 9.17) is 21.1 Å². The average molecular weight is 358 g/mol. The third-order valence-electron chi connectivity index (χ3n) is 4.71. The Hall–Kier alpha value is -2.17. The van der Waals surface area contributed by atoms with Crippen LogP contribution in [-0.4, -0.2) is 17.8 Å². The normalized spacial score (nSPS) is 19.7. The number of aromatic hydroxyl groups is 1. The van der Waals surface area contributed by atoms with Crippen molar-refractivity contribution in [3.8, 4) is 22.6 Å². The summed E-state index contributed by atoms with van der Waals surface area (Å²) in [7, 11) is 1.63. The van der Waals surface area contributed by atoms with Crippen molar-refractivity contribution in [1.82, 2.24) is 0 Å². The van der Waals surface area contributed by atoms with E-state index >= 15 is 0 Å². The van der Waals surface area contributed by atoms with E-state index < -0.39 is 6.29 Å². The van der Waals surface area contributed by atoms with Crippen LogP contribution in [0.5, 0.6) is 11.5 Å². The van der Waals surface area contributed by atoms with Crippen molar-refractivity contribution in [2.45, 2.75) is 32.6 Å². The van der Waals surface area contributed by atoms with Gasteiger partial charge in [0, 0.05) is 29.5 Å². The van der Waals surface area contributed by atoms with Gasteiger partial charge in [0.25, 0.3) is 0 Å². The maximum atomic E-state index is 10.0. The highest BCUT2D eigenvalue weighted by Gasteiger charge is 2.35. The van der Waals surface area contributed by atoms with E-state index in [2.05, 4.69) is 38.2 Å². The zero-order valence-corrected chi connectivity index (χ0v) is 15.4. The van der Waals surface area contributed by atoms with Gasteiger partial charge in [-0.05, 0) is 50.1 Å². The number of phenols is 1. The predicted molar refractivity (Wildman–Crippen MR) is 100 cm³/mol. The molecular weight excluding hydrogens is 338 g/mol. The maximum Gasteiger partial charge on any atom is 0.227 e. The first-order chi connectivity index (χ1) is 11.8. The number of anilines is 1. The van der Waals surface area contributed by atoms with Gasteiger partial charge >= 0.3 is 0 Å². The Balaban J connectivity index is 2.04. The number of allylic oxidation sites excluding steroid dienone is 1. The lowest BCUT2D eigenvalue weighted by molar-refractivity contribution is -0.0579. The molecule has 130 valence electrons. The van der Waals surface area contributed by atoms with Crippen molar-refractivity contribution in [1.29, 1.82) is 0 Å². The Morgan fingerprint density at radius 2 is 1.96 bits per heavy atom. The topological polar surface area (TPSA) is 50.7 Å². The van der Waals surface area contributed by atoms with E-state index in [-0.39, 0.29) is 11.3 Å². The fourth-order valence-corrected chi connectivity index (χ4v) is 4.10. The van der Waals surface area contributed by atoms with Crippen LogP contribution in [0.3, 0.4) is 0 Å². The van der Waals surface area contributed by atoms with Gasteiger partial charge in [-0.2, -0.15) is 0 Å². The zero-order valence-electron chi connectivity index (χ0n) is 14.6. The summed E-state index contributed by atoms with van der Waals surface area (Å²) >= 11 is 6.39. The second-order valence-electron chi connectivity index (χ2n) is 7.08. The first-order valence-electron chi connectivity index (χ1n) is 8.18. The van der Waals surface area contributed by atoms with Crippen LogP contribution < -0.4 is 10.1 Å². The van der Waals surface area contributed by atoms with Gasteiger partial charge < -0.3 is 19.9 Å². The molecule has 0 fully saturated rings. The summed E-state index contributed by atoms with van der Waals surface area (Å²) in [5.74, 6) is 0.642. The van der Waals surface area contributed by atoms with Crippen LogP contribution in [0, 0.1) is 0 Å². The minimum absolute atomic E-state index is 0.0371. The summed E-state index contributed by atoms with van der Waals surface area (Å²) in [6.07, 6.45) is 1.66. The zero-order chi connectivity index (χ0) is 17.9. The van der Waals surface area contributed by atoms with Crippen molar-refractivity contribution in [3.05, 3.63) is 46.5 Å². The maximum absolute atomic E-state index is 10.0. The third kappa shape index (κ3) is 2.40. The van der Waals surface area contributed by atoms with Crippen LogP contribution in [-0.2, 0) is 4.74 Å². The molecule has 1 atom stereocenters. The Morgan fingerprint density at radius 1 is 1.20 bits per heavy atom. The standard InChI is InChI=1S/C20H20ClNO3/c1-10-9-20(2,3)22-12-6-5-11-16-14(8-7-13(23)18(16)21)25-19(24-4)17(11)15(10)12/h5-9,19,22-23H,1-4H3. The van der Waals surface area contributed by atoms with Gasteiger partial charge in [-0.1, -0.05) is 23.7 Å². The molecule has 2 aliphatic heterocycles. The second kappa shape index (κ2) is 5.41. The van der Waals surface area contributed by atoms with E-state index in [1.54, 1.807) is 13.2 Å². The van der Waals surface area contributed by atoms with Crippen LogP contribution in [0.2, 0.25) is 5.02 Å². The Labute approximate surface area is 152 Å². The molecule has 4 rings (SSSR count). The lowest BCUT2D eigenvalue weighted by Gasteiger charge is -2.36. The Bertz CT molecular complexity index is 918. The smallest absolute Gasteiger partial charge is 0.227 e. The number of methoxy groups -OCH3 is 1. The van der Waals surface area contributed by atoms with Gasteiger partial charge in [-0.3, -0.25) is 0 Å². The van der Waals surface area contributed by atoms with Gasteiger partial charge in [-0.25, -0.2) is 0 Å². The molecule has 2 aliphatic rings. The molecule has 0 bridgehead atoms. The van der Waals surface area contributed by atoms with Gasteiger partial charge in [0.1, 0.15) is 11.5 Å². The quantitative estimate of drug-likeness (QED) is 0.721. The van der Waals surface area contributed by atoms with Crippen LogP contribution in [0.4, 0.5) is 5.69 Å². The van der Waals surface area contributed by atoms with E-state index in [9.17, 15) is 5.11 Å². The second-order valence-corrected chi connectivity index (χ2v) is 7.46. The highest BCUT2D eigenvalue weighted by Crippen LogP contribution is 2.52. The molecule has 5 heteroatoms. The molecular formula is C20H20ClNO3. The number of hydrogen-bond donors (Lipinski definition) is 2. The summed E-state index contributed by atoms with van der Waals surface area (Å²) in [6.45, 7) is 6.36. The van der Waals surface area contributed by atoms with E-state index in [0.29, 0.717) is 16.3 Å².